The number of carbonyl (C=O) groups is 1. The Morgan fingerprint density at radius 2 is 1.68 bits per heavy atom. The summed E-state index contributed by atoms with van der Waals surface area (Å²) < 4.78 is 0. The molecule has 4 rings (SSSR count). The van der Waals surface area contributed by atoms with Gasteiger partial charge in [0.05, 0.1) is 5.54 Å². The van der Waals surface area contributed by atoms with Crippen LogP contribution in [-0.4, -0.2) is 47.0 Å². The maximum Gasteiger partial charge on any atom is 0.225 e. The molecule has 1 unspecified atom stereocenters. The number of rotatable bonds is 5. The summed E-state index contributed by atoms with van der Waals surface area (Å²) in [7, 11) is 0. The van der Waals surface area contributed by atoms with Crippen LogP contribution in [0.1, 0.15) is 43.9 Å². The molecule has 1 N–H and O–H groups in total. The van der Waals surface area contributed by atoms with E-state index in [2.05, 4.69) is 56.3 Å². The fraction of sp³-hybridized carbons (Fsp3) is 0.476. The van der Waals surface area contributed by atoms with Gasteiger partial charge in [-0.05, 0) is 37.0 Å². The minimum absolute atomic E-state index is 0. The molecule has 2 aromatic rings. The maximum absolute atomic E-state index is 11.5. The van der Waals surface area contributed by atoms with Crippen LogP contribution in [0.4, 0.5) is 5.95 Å². The van der Waals surface area contributed by atoms with Gasteiger partial charge in [-0.3, -0.25) is 9.69 Å². The van der Waals surface area contributed by atoms with E-state index in [0.717, 1.165) is 45.0 Å². The molecular formula is C21H28ClN5O. The highest BCUT2D eigenvalue weighted by Crippen LogP contribution is 2.45. The Hall–Kier alpha value is -2.18. The van der Waals surface area contributed by atoms with Gasteiger partial charge in [-0.25, -0.2) is 9.97 Å². The number of benzene rings is 1. The molecule has 150 valence electrons. The van der Waals surface area contributed by atoms with Crippen molar-refractivity contribution in [2.75, 3.05) is 31.1 Å². The number of hydrogen-bond acceptors (Lipinski definition) is 5. The molecule has 7 heteroatoms. The lowest BCUT2D eigenvalue weighted by Crippen LogP contribution is -2.47. The van der Waals surface area contributed by atoms with Gasteiger partial charge in [0.1, 0.15) is 0 Å². The molecule has 2 heterocycles. The van der Waals surface area contributed by atoms with Gasteiger partial charge in [-0.15, -0.1) is 12.4 Å². The number of amides is 1. The van der Waals surface area contributed by atoms with Crippen molar-refractivity contribution in [2.45, 2.75) is 38.3 Å². The fourth-order valence-corrected chi connectivity index (χ4v) is 4.00. The zero-order chi connectivity index (χ0) is 18.9. The van der Waals surface area contributed by atoms with Crippen LogP contribution in [0, 0.1) is 0 Å². The van der Waals surface area contributed by atoms with Crippen LogP contribution in [-0.2, 0) is 10.3 Å². The van der Waals surface area contributed by atoms with Crippen molar-refractivity contribution in [2.24, 2.45) is 0 Å². The van der Waals surface area contributed by atoms with Gasteiger partial charge < -0.3 is 10.2 Å². The Morgan fingerprint density at radius 1 is 1.07 bits per heavy atom. The summed E-state index contributed by atoms with van der Waals surface area (Å²) in [6.07, 6.45) is 5.66. The van der Waals surface area contributed by atoms with E-state index in [4.69, 9.17) is 0 Å². The monoisotopic (exact) mass is 401 g/mol. The number of anilines is 1. The minimum Gasteiger partial charge on any atom is -0.347 e. The van der Waals surface area contributed by atoms with E-state index >= 15 is 0 Å². The molecule has 28 heavy (non-hydrogen) atoms. The Bertz CT molecular complexity index is 786. The number of halogens is 1. The SMILES string of the molecule is CC(=O)NC1(c2ccc(C(C)N3CCN(c4ncccn4)CC3)cc2)CC1.Cl. The first kappa shape index (κ1) is 20.6. The van der Waals surface area contributed by atoms with Gasteiger partial charge in [0.2, 0.25) is 11.9 Å². The molecule has 1 aromatic heterocycles. The zero-order valence-electron chi connectivity index (χ0n) is 16.5. The quantitative estimate of drug-likeness (QED) is 0.834. The Morgan fingerprint density at radius 3 is 2.21 bits per heavy atom. The summed E-state index contributed by atoms with van der Waals surface area (Å²) in [6, 6.07) is 11.0. The van der Waals surface area contributed by atoms with Gasteiger partial charge in [-0.1, -0.05) is 24.3 Å². The Kier molecular flexibility index (Phi) is 6.20. The number of nitrogens with one attached hydrogen (secondary N) is 1. The molecule has 6 nitrogen and oxygen atoms in total. The largest absolute Gasteiger partial charge is 0.347 e. The van der Waals surface area contributed by atoms with Gasteiger partial charge in [0, 0.05) is 51.5 Å². The zero-order valence-corrected chi connectivity index (χ0v) is 17.3. The lowest BCUT2D eigenvalue weighted by molar-refractivity contribution is -0.120. The molecule has 1 aromatic carbocycles. The highest BCUT2D eigenvalue weighted by atomic mass is 35.5. The van der Waals surface area contributed by atoms with Crippen LogP contribution in [0.3, 0.4) is 0 Å². The van der Waals surface area contributed by atoms with Gasteiger partial charge in [-0.2, -0.15) is 0 Å². The average Bonchev–Trinajstić information content (AvgIpc) is 3.48. The molecule has 1 aliphatic heterocycles. The standard InChI is InChI=1S/C21H27N5O.ClH/c1-16(25-12-14-26(15-13-25)20-22-10-3-11-23-20)18-4-6-19(7-5-18)21(8-9-21)24-17(2)27;/h3-7,10-11,16H,8-9,12-15H2,1-2H3,(H,24,27);1H. The molecule has 2 fully saturated rings. The molecule has 0 bridgehead atoms. The van der Waals surface area contributed by atoms with Crippen LogP contribution in [0.15, 0.2) is 42.7 Å². The number of aromatic nitrogens is 2. The van der Waals surface area contributed by atoms with Gasteiger partial charge in [0.15, 0.2) is 0 Å². The fourth-order valence-electron chi connectivity index (χ4n) is 4.00. The molecule has 1 saturated heterocycles. The third-order valence-electron chi connectivity index (χ3n) is 5.81. The van der Waals surface area contributed by atoms with Crippen molar-refractivity contribution in [3.05, 3.63) is 53.9 Å². The lowest BCUT2D eigenvalue weighted by atomic mass is 9.99. The van der Waals surface area contributed by atoms with E-state index in [1.807, 2.05) is 6.07 Å². The van der Waals surface area contributed by atoms with E-state index in [0.29, 0.717) is 6.04 Å². The first-order valence-corrected chi connectivity index (χ1v) is 9.73. The smallest absolute Gasteiger partial charge is 0.225 e. The van der Waals surface area contributed by atoms with E-state index in [-0.39, 0.29) is 23.9 Å². The van der Waals surface area contributed by atoms with Crippen molar-refractivity contribution in [3.63, 3.8) is 0 Å². The van der Waals surface area contributed by atoms with Crippen molar-refractivity contribution in [1.29, 1.82) is 0 Å². The van der Waals surface area contributed by atoms with Crippen LogP contribution in [0.2, 0.25) is 0 Å². The molecular weight excluding hydrogens is 374 g/mol. The minimum atomic E-state index is -0.116. The predicted molar refractivity (Wildman–Crippen MR) is 113 cm³/mol. The first-order valence-electron chi connectivity index (χ1n) is 9.73. The third kappa shape index (κ3) is 4.28. The third-order valence-corrected chi connectivity index (χ3v) is 5.81. The van der Waals surface area contributed by atoms with Crippen LogP contribution < -0.4 is 10.2 Å². The number of carbonyl (C=O) groups excluding carboxylic acids is 1. The van der Waals surface area contributed by atoms with E-state index in [1.165, 1.54) is 11.1 Å². The summed E-state index contributed by atoms with van der Waals surface area (Å²) in [4.78, 5) is 24.9. The normalized spacial score (nSPS) is 19.4. The van der Waals surface area contributed by atoms with Crippen LogP contribution >= 0.6 is 12.4 Å². The summed E-state index contributed by atoms with van der Waals surface area (Å²) in [5.74, 6) is 0.868. The second kappa shape index (κ2) is 8.45. The van der Waals surface area contributed by atoms with Crippen molar-refractivity contribution in [3.8, 4) is 0 Å². The second-order valence-electron chi connectivity index (χ2n) is 7.63. The molecule has 1 amide bonds. The molecule has 2 aliphatic rings. The second-order valence-corrected chi connectivity index (χ2v) is 7.63. The van der Waals surface area contributed by atoms with Crippen molar-refractivity contribution < 1.29 is 4.79 Å². The molecule has 1 aliphatic carbocycles. The predicted octanol–water partition coefficient (Wildman–Crippen LogP) is 2.91. The van der Waals surface area contributed by atoms with E-state index < -0.39 is 0 Å². The summed E-state index contributed by atoms with van der Waals surface area (Å²) in [6.45, 7) is 7.74. The van der Waals surface area contributed by atoms with Gasteiger partial charge >= 0.3 is 0 Å². The Balaban J connectivity index is 0.00000225. The maximum atomic E-state index is 11.5. The van der Waals surface area contributed by atoms with Crippen LogP contribution in [0.25, 0.3) is 0 Å². The molecule has 1 atom stereocenters. The van der Waals surface area contributed by atoms with Crippen LogP contribution in [0.5, 0.6) is 0 Å². The topological polar surface area (TPSA) is 61.4 Å². The summed E-state index contributed by atoms with van der Waals surface area (Å²) >= 11 is 0. The summed E-state index contributed by atoms with van der Waals surface area (Å²) in [5, 5.41) is 3.11. The van der Waals surface area contributed by atoms with Crippen molar-refractivity contribution >= 4 is 24.3 Å². The highest BCUT2D eigenvalue weighted by molar-refractivity contribution is 5.85. The highest BCUT2D eigenvalue weighted by Gasteiger charge is 2.45. The van der Waals surface area contributed by atoms with E-state index in [9.17, 15) is 4.79 Å². The first-order chi connectivity index (χ1) is 13.1. The number of piperazine rings is 1. The molecule has 0 spiro atoms. The van der Waals surface area contributed by atoms with E-state index in [1.54, 1.807) is 19.3 Å². The Labute approximate surface area is 172 Å². The number of nitrogens with zero attached hydrogens (tertiary/aromatic N) is 4. The van der Waals surface area contributed by atoms with Crippen molar-refractivity contribution in [1.82, 2.24) is 20.2 Å². The lowest BCUT2D eigenvalue weighted by Gasteiger charge is -2.38. The van der Waals surface area contributed by atoms with Gasteiger partial charge in [0.25, 0.3) is 0 Å². The average molecular weight is 402 g/mol. The molecule has 1 saturated carbocycles. The molecule has 0 radical (unpaired) electrons. The number of hydrogen-bond donors (Lipinski definition) is 1. The summed E-state index contributed by atoms with van der Waals surface area (Å²) in [5.41, 5.74) is 2.43.